The number of hydrogen-bond acceptors (Lipinski definition) is 4. The fourth-order valence-electron chi connectivity index (χ4n) is 2.11. The number of carboxylic acids is 1. The number of rotatable bonds is 4. The van der Waals surface area contributed by atoms with Crippen LogP contribution in [0.5, 0.6) is 0 Å². The second kappa shape index (κ2) is 5.73. The molecule has 0 aliphatic carbocycles. The Morgan fingerprint density at radius 2 is 2.00 bits per heavy atom. The molecule has 1 heterocycles. The average molecular weight is 277 g/mol. The first-order valence-corrected chi connectivity index (χ1v) is 6.33. The van der Waals surface area contributed by atoms with Gasteiger partial charge < -0.3 is 14.7 Å². The van der Waals surface area contributed by atoms with E-state index >= 15 is 0 Å². The van der Waals surface area contributed by atoms with Gasteiger partial charge in [0.1, 0.15) is 0 Å². The van der Waals surface area contributed by atoms with Gasteiger partial charge in [0.25, 0.3) is 0 Å². The van der Waals surface area contributed by atoms with Crippen LogP contribution in [0.4, 0.5) is 5.69 Å². The number of nitrogens with zero attached hydrogens (tertiary/aromatic N) is 1. The summed E-state index contributed by atoms with van der Waals surface area (Å²) in [6.07, 6.45) is 0.00889. The molecule has 2 rings (SSSR count). The summed E-state index contributed by atoms with van der Waals surface area (Å²) in [6.45, 7) is 2.18. The van der Waals surface area contributed by atoms with Gasteiger partial charge in [-0.3, -0.25) is 9.59 Å². The van der Waals surface area contributed by atoms with Crippen molar-refractivity contribution in [2.45, 2.75) is 13.3 Å². The minimum absolute atomic E-state index is 0.00889. The van der Waals surface area contributed by atoms with Crippen LogP contribution in [0.2, 0.25) is 0 Å². The van der Waals surface area contributed by atoms with E-state index in [1.807, 2.05) is 0 Å². The Bertz CT molecular complexity index is 537. The van der Waals surface area contributed by atoms with Crippen LogP contribution in [0.1, 0.15) is 23.7 Å². The number of carbonyl (C=O) groups is 3. The van der Waals surface area contributed by atoms with E-state index in [1.54, 1.807) is 31.2 Å². The highest BCUT2D eigenvalue weighted by atomic mass is 16.5. The van der Waals surface area contributed by atoms with Crippen molar-refractivity contribution in [3.8, 4) is 0 Å². The van der Waals surface area contributed by atoms with Gasteiger partial charge in [-0.05, 0) is 31.2 Å². The lowest BCUT2D eigenvalue weighted by atomic mass is 10.1. The lowest BCUT2D eigenvalue weighted by molar-refractivity contribution is -0.141. The molecule has 1 aromatic rings. The number of anilines is 1. The molecule has 1 atom stereocenters. The molecule has 1 amide bonds. The zero-order chi connectivity index (χ0) is 14.7. The first kappa shape index (κ1) is 14.0. The van der Waals surface area contributed by atoms with Gasteiger partial charge in [0.2, 0.25) is 5.91 Å². The van der Waals surface area contributed by atoms with Crippen LogP contribution in [-0.4, -0.2) is 36.1 Å². The highest BCUT2D eigenvalue weighted by molar-refractivity contribution is 5.99. The molecule has 6 heteroatoms. The van der Waals surface area contributed by atoms with Crippen LogP contribution < -0.4 is 4.90 Å². The van der Waals surface area contributed by atoms with Crippen molar-refractivity contribution in [3.05, 3.63) is 29.8 Å². The SMILES string of the molecule is CCOC(=O)c1ccc(N2CC(C(=O)O)CC2=O)cc1. The van der Waals surface area contributed by atoms with E-state index in [0.29, 0.717) is 17.9 Å². The van der Waals surface area contributed by atoms with Crippen LogP contribution >= 0.6 is 0 Å². The molecule has 6 nitrogen and oxygen atoms in total. The molecule has 0 saturated carbocycles. The maximum atomic E-state index is 11.8. The van der Waals surface area contributed by atoms with Gasteiger partial charge in [-0.2, -0.15) is 0 Å². The van der Waals surface area contributed by atoms with E-state index in [1.165, 1.54) is 4.90 Å². The summed E-state index contributed by atoms with van der Waals surface area (Å²) >= 11 is 0. The van der Waals surface area contributed by atoms with Crippen molar-refractivity contribution in [3.63, 3.8) is 0 Å². The Morgan fingerprint density at radius 1 is 1.35 bits per heavy atom. The van der Waals surface area contributed by atoms with Crippen molar-refractivity contribution >= 4 is 23.5 Å². The summed E-state index contributed by atoms with van der Waals surface area (Å²) in [5.74, 6) is -2.28. The third kappa shape index (κ3) is 2.79. The summed E-state index contributed by atoms with van der Waals surface area (Å²) in [6, 6.07) is 6.37. The standard InChI is InChI=1S/C14H15NO5/c1-2-20-14(19)9-3-5-11(6-4-9)15-8-10(13(17)18)7-12(15)16/h3-6,10H,2,7-8H2,1H3,(H,17,18). The second-order valence-electron chi connectivity index (χ2n) is 4.51. The number of hydrogen-bond donors (Lipinski definition) is 1. The number of amides is 1. The highest BCUT2D eigenvalue weighted by Gasteiger charge is 2.34. The number of aliphatic carboxylic acids is 1. The Hall–Kier alpha value is -2.37. The van der Waals surface area contributed by atoms with E-state index in [0.717, 1.165) is 0 Å². The fraction of sp³-hybridized carbons (Fsp3) is 0.357. The van der Waals surface area contributed by atoms with E-state index in [-0.39, 0.29) is 18.9 Å². The highest BCUT2D eigenvalue weighted by Crippen LogP contribution is 2.25. The van der Waals surface area contributed by atoms with Crippen LogP contribution in [0.25, 0.3) is 0 Å². The molecule has 1 aliphatic heterocycles. The number of benzene rings is 1. The molecular formula is C14H15NO5. The maximum Gasteiger partial charge on any atom is 0.338 e. The molecule has 0 aromatic heterocycles. The minimum Gasteiger partial charge on any atom is -0.481 e. The van der Waals surface area contributed by atoms with Gasteiger partial charge in [0.15, 0.2) is 0 Å². The molecule has 0 spiro atoms. The lowest BCUT2D eigenvalue weighted by Crippen LogP contribution is -2.25. The minimum atomic E-state index is -0.969. The van der Waals surface area contributed by atoms with Gasteiger partial charge in [-0.1, -0.05) is 0 Å². The van der Waals surface area contributed by atoms with Crippen molar-refractivity contribution in [2.24, 2.45) is 5.92 Å². The first-order chi connectivity index (χ1) is 9.52. The summed E-state index contributed by atoms with van der Waals surface area (Å²) in [7, 11) is 0. The molecule has 20 heavy (non-hydrogen) atoms. The molecular weight excluding hydrogens is 262 g/mol. The van der Waals surface area contributed by atoms with Crippen LogP contribution in [0.15, 0.2) is 24.3 Å². The fourth-order valence-corrected chi connectivity index (χ4v) is 2.11. The third-order valence-electron chi connectivity index (χ3n) is 3.16. The monoisotopic (exact) mass is 277 g/mol. The Kier molecular flexibility index (Phi) is 4.02. The van der Waals surface area contributed by atoms with Gasteiger partial charge in [-0.15, -0.1) is 0 Å². The quantitative estimate of drug-likeness (QED) is 0.839. The molecule has 1 aromatic carbocycles. The van der Waals surface area contributed by atoms with Gasteiger partial charge >= 0.3 is 11.9 Å². The molecule has 106 valence electrons. The number of ether oxygens (including phenoxy) is 1. The molecule has 1 aliphatic rings. The second-order valence-corrected chi connectivity index (χ2v) is 4.51. The van der Waals surface area contributed by atoms with E-state index < -0.39 is 17.9 Å². The number of carbonyl (C=O) groups excluding carboxylic acids is 2. The summed E-state index contributed by atoms with van der Waals surface area (Å²) in [4.78, 5) is 35.6. The lowest BCUT2D eigenvalue weighted by Gasteiger charge is -2.16. The molecule has 1 unspecified atom stereocenters. The van der Waals surface area contributed by atoms with Crippen LogP contribution in [0, 0.1) is 5.92 Å². The predicted molar refractivity (Wildman–Crippen MR) is 70.5 cm³/mol. The molecule has 1 fully saturated rings. The van der Waals surface area contributed by atoms with E-state index in [9.17, 15) is 14.4 Å². The molecule has 1 N–H and O–H groups in total. The number of esters is 1. The van der Waals surface area contributed by atoms with Crippen molar-refractivity contribution in [2.75, 3.05) is 18.1 Å². The third-order valence-corrected chi connectivity index (χ3v) is 3.16. The molecule has 0 bridgehead atoms. The smallest absolute Gasteiger partial charge is 0.338 e. The van der Waals surface area contributed by atoms with Crippen LogP contribution in [-0.2, 0) is 14.3 Å². The molecule has 0 radical (unpaired) electrons. The summed E-state index contributed by atoms with van der Waals surface area (Å²) in [5.41, 5.74) is 0.990. The van der Waals surface area contributed by atoms with Crippen LogP contribution in [0.3, 0.4) is 0 Å². The van der Waals surface area contributed by atoms with Gasteiger partial charge in [-0.25, -0.2) is 4.79 Å². The zero-order valence-corrected chi connectivity index (χ0v) is 11.0. The van der Waals surface area contributed by atoms with Crippen molar-refractivity contribution < 1.29 is 24.2 Å². The first-order valence-electron chi connectivity index (χ1n) is 6.33. The van der Waals surface area contributed by atoms with Crippen molar-refractivity contribution in [1.82, 2.24) is 0 Å². The summed E-state index contributed by atoms with van der Waals surface area (Å²) in [5, 5.41) is 8.93. The normalized spacial score (nSPS) is 18.1. The van der Waals surface area contributed by atoms with Gasteiger partial charge in [0, 0.05) is 18.7 Å². The largest absolute Gasteiger partial charge is 0.481 e. The van der Waals surface area contributed by atoms with Crippen molar-refractivity contribution in [1.29, 1.82) is 0 Å². The Labute approximate surface area is 115 Å². The van der Waals surface area contributed by atoms with E-state index in [2.05, 4.69) is 0 Å². The number of carboxylic acid groups (broad SMARTS) is 1. The topological polar surface area (TPSA) is 83.9 Å². The summed E-state index contributed by atoms with van der Waals surface area (Å²) < 4.78 is 4.87. The Morgan fingerprint density at radius 3 is 2.50 bits per heavy atom. The van der Waals surface area contributed by atoms with Gasteiger partial charge in [0.05, 0.1) is 18.1 Å². The molecule has 1 saturated heterocycles. The maximum absolute atomic E-state index is 11.8. The predicted octanol–water partition coefficient (Wildman–Crippen LogP) is 1.30. The van der Waals surface area contributed by atoms with E-state index in [4.69, 9.17) is 9.84 Å². The Balaban J connectivity index is 2.12. The average Bonchev–Trinajstić information content (AvgIpc) is 2.81. The zero-order valence-electron chi connectivity index (χ0n) is 11.0.